The minimum Gasteiger partial charge on any atom is -0.381 e. The number of nitrogens with zero attached hydrogens (tertiary/aromatic N) is 3. The Morgan fingerprint density at radius 2 is 1.87 bits per heavy atom. The molecule has 31 heavy (non-hydrogen) atoms. The Labute approximate surface area is 189 Å². The van der Waals surface area contributed by atoms with Gasteiger partial charge in [0.15, 0.2) is 0 Å². The van der Waals surface area contributed by atoms with Crippen LogP contribution in [0, 0.1) is 5.92 Å². The summed E-state index contributed by atoms with van der Waals surface area (Å²) in [5.74, 6) is 2.12. The highest BCUT2D eigenvalue weighted by Gasteiger charge is 2.14. The highest BCUT2D eigenvalue weighted by Crippen LogP contribution is 2.28. The van der Waals surface area contributed by atoms with Gasteiger partial charge in [-0.1, -0.05) is 18.0 Å². The van der Waals surface area contributed by atoms with Crippen LogP contribution in [-0.4, -0.2) is 61.6 Å². The van der Waals surface area contributed by atoms with E-state index in [0.717, 1.165) is 55.5 Å². The van der Waals surface area contributed by atoms with E-state index in [2.05, 4.69) is 30.9 Å². The van der Waals surface area contributed by atoms with E-state index in [-0.39, 0.29) is 0 Å². The number of nitrogens with one attached hydrogen (secondary N) is 3. The molecule has 3 N–H and O–H groups in total. The average Bonchev–Trinajstić information content (AvgIpc) is 2.86. The number of halogens is 1. The number of hydrogen-bond acceptors (Lipinski definition) is 8. The van der Waals surface area contributed by atoms with Gasteiger partial charge in [-0.05, 0) is 50.8 Å². The van der Waals surface area contributed by atoms with Crippen LogP contribution in [0.25, 0.3) is 11.3 Å². The molecule has 0 radical (unpaired) electrons. The van der Waals surface area contributed by atoms with Gasteiger partial charge in [0.25, 0.3) is 0 Å². The van der Waals surface area contributed by atoms with Crippen LogP contribution in [0.1, 0.15) is 32.1 Å². The van der Waals surface area contributed by atoms with Crippen molar-refractivity contribution in [2.24, 2.45) is 5.92 Å². The number of anilines is 2. The molecule has 0 atom stereocenters. The van der Waals surface area contributed by atoms with Crippen LogP contribution in [0.2, 0.25) is 5.02 Å². The van der Waals surface area contributed by atoms with Crippen LogP contribution in [0.5, 0.6) is 0 Å². The summed E-state index contributed by atoms with van der Waals surface area (Å²) in [5, 5.41) is 10.2. The second-order valence-corrected chi connectivity index (χ2v) is 7.74. The number of carbonyl (C=O) groups is 1. The SMILES string of the molecule is C1CCNCC1.C=O.CNc1cc(-c2cncc(NCC3CCOCC3)n2)c(Cl)cn1. The molecule has 2 aliphatic heterocycles. The summed E-state index contributed by atoms with van der Waals surface area (Å²) in [4.78, 5) is 21.1. The Morgan fingerprint density at radius 1 is 1.13 bits per heavy atom. The maximum atomic E-state index is 8.00. The zero-order valence-electron chi connectivity index (χ0n) is 18.2. The third-order valence-electron chi connectivity index (χ3n) is 5.14. The second kappa shape index (κ2) is 14.7. The minimum absolute atomic E-state index is 0.555. The Balaban J connectivity index is 0.000000363. The third-order valence-corrected chi connectivity index (χ3v) is 5.44. The van der Waals surface area contributed by atoms with Gasteiger partial charge in [-0.2, -0.15) is 0 Å². The van der Waals surface area contributed by atoms with E-state index < -0.39 is 0 Å². The third kappa shape index (κ3) is 8.77. The van der Waals surface area contributed by atoms with E-state index in [9.17, 15) is 0 Å². The number of aromatic nitrogens is 3. The molecular formula is C22H33ClN6O2. The van der Waals surface area contributed by atoms with Crippen molar-refractivity contribution in [3.8, 4) is 11.3 Å². The monoisotopic (exact) mass is 448 g/mol. The van der Waals surface area contributed by atoms with Crippen molar-refractivity contribution in [2.45, 2.75) is 32.1 Å². The number of carbonyl (C=O) groups excluding carboxylic acids is 1. The minimum atomic E-state index is 0.555. The van der Waals surface area contributed by atoms with E-state index in [4.69, 9.17) is 21.1 Å². The fraction of sp³-hybridized carbons (Fsp3) is 0.545. The van der Waals surface area contributed by atoms with E-state index >= 15 is 0 Å². The van der Waals surface area contributed by atoms with Crippen molar-refractivity contribution in [3.63, 3.8) is 0 Å². The first kappa shape index (κ1) is 25.0. The number of ether oxygens (including phenoxy) is 1. The zero-order valence-corrected chi connectivity index (χ0v) is 19.0. The predicted molar refractivity (Wildman–Crippen MR) is 126 cm³/mol. The van der Waals surface area contributed by atoms with Crippen LogP contribution >= 0.6 is 11.6 Å². The van der Waals surface area contributed by atoms with Crippen molar-refractivity contribution in [2.75, 3.05) is 50.5 Å². The van der Waals surface area contributed by atoms with Gasteiger partial charge in [0.1, 0.15) is 18.4 Å². The fourth-order valence-corrected chi connectivity index (χ4v) is 3.55. The predicted octanol–water partition coefficient (Wildman–Crippen LogP) is 3.65. The molecule has 2 aromatic rings. The van der Waals surface area contributed by atoms with Gasteiger partial charge in [-0.25, -0.2) is 9.97 Å². The summed E-state index contributed by atoms with van der Waals surface area (Å²) < 4.78 is 5.38. The molecule has 4 rings (SSSR count). The second-order valence-electron chi connectivity index (χ2n) is 7.34. The molecule has 2 fully saturated rings. The lowest BCUT2D eigenvalue weighted by Gasteiger charge is -2.22. The van der Waals surface area contributed by atoms with Gasteiger partial charge < -0.3 is 25.5 Å². The number of pyridine rings is 1. The van der Waals surface area contributed by atoms with Gasteiger partial charge in [0.2, 0.25) is 0 Å². The lowest BCUT2D eigenvalue weighted by atomic mass is 10.0. The normalized spacial score (nSPS) is 16.2. The molecule has 4 heterocycles. The lowest BCUT2D eigenvalue weighted by molar-refractivity contribution is -0.0979. The number of rotatable bonds is 5. The molecule has 9 heteroatoms. The Hall–Kier alpha value is -2.29. The van der Waals surface area contributed by atoms with Gasteiger partial charge in [-0.15, -0.1) is 0 Å². The maximum absolute atomic E-state index is 8.00. The Bertz CT molecular complexity index is 758. The van der Waals surface area contributed by atoms with Crippen LogP contribution in [-0.2, 0) is 9.53 Å². The van der Waals surface area contributed by atoms with E-state index in [0.29, 0.717) is 10.9 Å². The molecule has 0 saturated carbocycles. The standard InChI is InChI=1S/C16H20ClN5O.C5H11N.CH2O/c1-18-15-6-12(13(17)8-21-15)14-9-19-10-16(22-14)20-7-11-2-4-23-5-3-11;1-2-4-6-5-3-1;1-2/h6,8-11H,2-5,7H2,1H3,(H,18,21)(H,20,22);6H,1-5H2;1H2. The van der Waals surface area contributed by atoms with Crippen molar-refractivity contribution in [1.82, 2.24) is 20.3 Å². The van der Waals surface area contributed by atoms with Crippen molar-refractivity contribution in [1.29, 1.82) is 0 Å². The summed E-state index contributed by atoms with van der Waals surface area (Å²) >= 11 is 6.25. The molecule has 8 nitrogen and oxygen atoms in total. The van der Waals surface area contributed by atoms with Crippen LogP contribution in [0.15, 0.2) is 24.7 Å². The Kier molecular flexibility index (Phi) is 11.8. The van der Waals surface area contributed by atoms with Crippen molar-refractivity contribution >= 4 is 30.0 Å². The first-order valence-corrected chi connectivity index (χ1v) is 11.1. The van der Waals surface area contributed by atoms with Crippen LogP contribution < -0.4 is 16.0 Å². The highest BCUT2D eigenvalue weighted by molar-refractivity contribution is 6.33. The number of piperidine rings is 1. The summed E-state index contributed by atoms with van der Waals surface area (Å²) in [5.41, 5.74) is 1.54. The molecule has 0 unspecified atom stereocenters. The largest absolute Gasteiger partial charge is 0.381 e. The van der Waals surface area contributed by atoms with E-state index in [1.165, 1.54) is 32.4 Å². The molecular weight excluding hydrogens is 416 g/mol. The highest BCUT2D eigenvalue weighted by atomic mass is 35.5. The van der Waals surface area contributed by atoms with Gasteiger partial charge >= 0.3 is 0 Å². The Morgan fingerprint density at radius 3 is 2.48 bits per heavy atom. The van der Waals surface area contributed by atoms with Crippen molar-refractivity contribution in [3.05, 3.63) is 29.7 Å². The molecule has 2 saturated heterocycles. The van der Waals surface area contributed by atoms with Crippen molar-refractivity contribution < 1.29 is 9.53 Å². The van der Waals surface area contributed by atoms with E-state index in [1.807, 2.05) is 19.9 Å². The average molecular weight is 449 g/mol. The molecule has 170 valence electrons. The summed E-state index contributed by atoms with van der Waals surface area (Å²) in [6.45, 7) is 7.07. The van der Waals surface area contributed by atoms with Gasteiger partial charge in [0.05, 0.1) is 23.1 Å². The van der Waals surface area contributed by atoms with Gasteiger partial charge in [-0.3, -0.25) is 4.98 Å². The first-order chi connectivity index (χ1) is 15.3. The smallest absolute Gasteiger partial charge is 0.145 e. The molecule has 2 aliphatic rings. The molecule has 0 aliphatic carbocycles. The van der Waals surface area contributed by atoms with Crippen LogP contribution in [0.4, 0.5) is 11.6 Å². The first-order valence-electron chi connectivity index (χ1n) is 10.7. The fourth-order valence-electron chi connectivity index (χ4n) is 3.35. The zero-order chi connectivity index (χ0) is 22.3. The van der Waals surface area contributed by atoms with Crippen LogP contribution in [0.3, 0.4) is 0 Å². The maximum Gasteiger partial charge on any atom is 0.145 e. The topological polar surface area (TPSA) is 101 Å². The molecule has 0 aromatic carbocycles. The summed E-state index contributed by atoms with van der Waals surface area (Å²) in [7, 11) is 1.82. The quantitative estimate of drug-likeness (QED) is 0.637. The molecule has 2 aromatic heterocycles. The summed E-state index contributed by atoms with van der Waals surface area (Å²) in [6.07, 6.45) is 11.4. The lowest BCUT2D eigenvalue weighted by Crippen LogP contribution is -2.23. The molecule has 0 spiro atoms. The van der Waals surface area contributed by atoms with E-state index in [1.54, 1.807) is 18.6 Å². The molecule has 0 amide bonds. The molecule has 0 bridgehead atoms. The van der Waals surface area contributed by atoms with Gasteiger partial charge in [0, 0.05) is 38.6 Å². The number of hydrogen-bond donors (Lipinski definition) is 3. The summed E-state index contributed by atoms with van der Waals surface area (Å²) in [6, 6.07) is 1.87.